The van der Waals surface area contributed by atoms with Gasteiger partial charge in [0, 0.05) is 5.69 Å². The first-order chi connectivity index (χ1) is 8.67. The maximum Gasteiger partial charge on any atom is 0.192 e. The van der Waals surface area contributed by atoms with Gasteiger partial charge in [-0.25, -0.2) is 0 Å². The molecule has 0 bridgehead atoms. The standard InChI is InChI=1S/C15H25NO2Si/c1-8-17-14-10-9-12(2)16-13(14)11-18-19(6,7)15(3,4)5/h8-10H,1,11H2,2-7H3. The van der Waals surface area contributed by atoms with Gasteiger partial charge in [0.1, 0.15) is 11.4 Å². The van der Waals surface area contributed by atoms with E-state index in [-0.39, 0.29) is 5.04 Å². The van der Waals surface area contributed by atoms with Crippen LogP contribution in [0.25, 0.3) is 0 Å². The van der Waals surface area contributed by atoms with E-state index in [0.29, 0.717) is 6.61 Å². The van der Waals surface area contributed by atoms with Gasteiger partial charge >= 0.3 is 0 Å². The van der Waals surface area contributed by atoms with Crippen molar-refractivity contribution in [3.8, 4) is 5.75 Å². The second-order valence-corrected chi connectivity index (χ2v) is 11.0. The Balaban J connectivity index is 2.88. The minimum absolute atomic E-state index is 0.191. The average molecular weight is 279 g/mol. The molecular formula is C15H25NO2Si. The lowest BCUT2D eigenvalue weighted by atomic mass is 10.2. The molecule has 0 aromatic carbocycles. The Hall–Kier alpha value is -1.13. The molecule has 19 heavy (non-hydrogen) atoms. The lowest BCUT2D eigenvalue weighted by Crippen LogP contribution is -2.40. The number of aryl methyl sites for hydroxylation is 1. The molecule has 0 aliphatic carbocycles. The van der Waals surface area contributed by atoms with Crippen LogP contribution in [-0.2, 0) is 11.0 Å². The molecule has 1 heterocycles. The highest BCUT2D eigenvalue weighted by atomic mass is 28.4. The highest BCUT2D eigenvalue weighted by Gasteiger charge is 2.37. The van der Waals surface area contributed by atoms with E-state index in [4.69, 9.17) is 9.16 Å². The Morgan fingerprint density at radius 1 is 1.32 bits per heavy atom. The number of hydrogen-bond donors (Lipinski definition) is 0. The fourth-order valence-electron chi connectivity index (χ4n) is 1.36. The lowest BCUT2D eigenvalue weighted by molar-refractivity contribution is 0.267. The zero-order valence-electron chi connectivity index (χ0n) is 12.9. The van der Waals surface area contributed by atoms with Crippen LogP contribution in [0.1, 0.15) is 32.2 Å². The van der Waals surface area contributed by atoms with Gasteiger partial charge in [0.15, 0.2) is 8.32 Å². The van der Waals surface area contributed by atoms with E-state index in [1.165, 1.54) is 6.26 Å². The summed E-state index contributed by atoms with van der Waals surface area (Å²) in [6.45, 7) is 17.2. The van der Waals surface area contributed by atoms with Crippen molar-refractivity contribution < 1.29 is 9.16 Å². The summed E-state index contributed by atoms with van der Waals surface area (Å²) >= 11 is 0. The summed E-state index contributed by atoms with van der Waals surface area (Å²) < 4.78 is 11.6. The summed E-state index contributed by atoms with van der Waals surface area (Å²) in [5.74, 6) is 0.722. The predicted molar refractivity (Wildman–Crippen MR) is 81.8 cm³/mol. The number of nitrogens with zero attached hydrogens (tertiary/aromatic N) is 1. The smallest absolute Gasteiger partial charge is 0.192 e. The van der Waals surface area contributed by atoms with Crippen LogP contribution in [0.2, 0.25) is 18.1 Å². The van der Waals surface area contributed by atoms with Crippen molar-refractivity contribution in [3.63, 3.8) is 0 Å². The molecule has 0 fully saturated rings. The van der Waals surface area contributed by atoms with Crippen molar-refractivity contribution in [3.05, 3.63) is 36.4 Å². The second-order valence-electron chi connectivity index (χ2n) is 6.23. The van der Waals surface area contributed by atoms with E-state index in [9.17, 15) is 0 Å². The fraction of sp³-hybridized carbons (Fsp3) is 0.533. The first-order valence-corrected chi connectivity index (χ1v) is 9.46. The zero-order chi connectivity index (χ0) is 14.7. The number of pyridine rings is 1. The van der Waals surface area contributed by atoms with E-state index >= 15 is 0 Å². The Bertz CT molecular complexity index is 450. The summed E-state index contributed by atoms with van der Waals surface area (Å²) in [5, 5.41) is 0.191. The normalized spacial score (nSPS) is 12.3. The van der Waals surface area contributed by atoms with Crippen LogP contribution in [0.5, 0.6) is 5.75 Å². The van der Waals surface area contributed by atoms with Crippen molar-refractivity contribution in [1.29, 1.82) is 0 Å². The molecule has 1 rings (SSSR count). The molecule has 0 saturated heterocycles. The summed E-state index contributed by atoms with van der Waals surface area (Å²) in [5.41, 5.74) is 1.80. The molecule has 0 atom stereocenters. The minimum atomic E-state index is -1.77. The van der Waals surface area contributed by atoms with Gasteiger partial charge in [0.05, 0.1) is 12.9 Å². The Morgan fingerprint density at radius 3 is 2.47 bits per heavy atom. The molecule has 106 valence electrons. The summed E-state index contributed by atoms with van der Waals surface area (Å²) in [4.78, 5) is 4.50. The number of rotatable bonds is 5. The number of hydrogen-bond acceptors (Lipinski definition) is 3. The Labute approximate surface area is 117 Å². The highest BCUT2D eigenvalue weighted by molar-refractivity contribution is 6.74. The third-order valence-corrected chi connectivity index (χ3v) is 8.14. The van der Waals surface area contributed by atoms with Crippen molar-refractivity contribution in [2.45, 2.75) is 52.4 Å². The van der Waals surface area contributed by atoms with Gasteiger partial charge in [-0.1, -0.05) is 27.4 Å². The average Bonchev–Trinajstić information content (AvgIpc) is 2.28. The molecule has 1 aromatic heterocycles. The van der Waals surface area contributed by atoms with Crippen LogP contribution >= 0.6 is 0 Å². The summed E-state index contributed by atoms with van der Waals surface area (Å²) in [6, 6.07) is 3.84. The zero-order valence-corrected chi connectivity index (χ0v) is 13.9. The molecular weight excluding hydrogens is 254 g/mol. The molecule has 0 amide bonds. The maximum atomic E-state index is 6.18. The van der Waals surface area contributed by atoms with Crippen LogP contribution < -0.4 is 4.74 Å². The SMILES string of the molecule is C=COc1ccc(C)nc1CO[Si](C)(C)C(C)(C)C. The van der Waals surface area contributed by atoms with Crippen molar-refractivity contribution in [2.24, 2.45) is 0 Å². The van der Waals surface area contributed by atoms with E-state index in [1.54, 1.807) is 0 Å². The summed E-state index contributed by atoms with van der Waals surface area (Å²) in [7, 11) is -1.77. The molecule has 0 spiro atoms. The van der Waals surface area contributed by atoms with Gasteiger partial charge in [-0.3, -0.25) is 4.98 Å². The largest absolute Gasteiger partial charge is 0.464 e. The van der Waals surface area contributed by atoms with Crippen LogP contribution in [0.4, 0.5) is 0 Å². The van der Waals surface area contributed by atoms with Gasteiger partial charge in [-0.05, 0) is 37.2 Å². The van der Waals surface area contributed by atoms with Gasteiger partial charge in [-0.15, -0.1) is 0 Å². The Morgan fingerprint density at radius 2 is 1.95 bits per heavy atom. The van der Waals surface area contributed by atoms with Crippen LogP contribution in [0, 0.1) is 6.92 Å². The van der Waals surface area contributed by atoms with E-state index in [0.717, 1.165) is 17.1 Å². The van der Waals surface area contributed by atoms with Crippen LogP contribution in [0.3, 0.4) is 0 Å². The van der Waals surface area contributed by atoms with Gasteiger partial charge in [-0.2, -0.15) is 0 Å². The highest BCUT2D eigenvalue weighted by Crippen LogP contribution is 2.37. The first kappa shape index (κ1) is 15.9. The molecule has 3 nitrogen and oxygen atoms in total. The van der Waals surface area contributed by atoms with E-state index < -0.39 is 8.32 Å². The van der Waals surface area contributed by atoms with Crippen LogP contribution in [-0.4, -0.2) is 13.3 Å². The second kappa shape index (κ2) is 5.88. The van der Waals surface area contributed by atoms with Crippen LogP contribution in [0.15, 0.2) is 25.0 Å². The maximum absolute atomic E-state index is 6.18. The molecule has 0 aliphatic rings. The molecule has 0 unspecified atom stereocenters. The molecule has 0 radical (unpaired) electrons. The lowest BCUT2D eigenvalue weighted by Gasteiger charge is -2.36. The summed E-state index contributed by atoms with van der Waals surface area (Å²) in [6.07, 6.45) is 1.42. The topological polar surface area (TPSA) is 31.4 Å². The number of aromatic nitrogens is 1. The molecule has 1 aromatic rings. The monoisotopic (exact) mass is 279 g/mol. The van der Waals surface area contributed by atoms with Crippen molar-refractivity contribution in [2.75, 3.05) is 0 Å². The Kier molecular flexibility index (Phi) is 4.93. The van der Waals surface area contributed by atoms with Gasteiger partial charge in [0.2, 0.25) is 0 Å². The molecule has 4 heteroatoms. The van der Waals surface area contributed by atoms with Gasteiger partial charge < -0.3 is 9.16 Å². The molecule has 0 aliphatic heterocycles. The first-order valence-electron chi connectivity index (χ1n) is 6.55. The molecule has 0 N–H and O–H groups in total. The number of ether oxygens (including phenoxy) is 1. The fourth-order valence-corrected chi connectivity index (χ4v) is 2.29. The van der Waals surface area contributed by atoms with Crippen molar-refractivity contribution >= 4 is 8.32 Å². The van der Waals surface area contributed by atoms with Gasteiger partial charge in [0.25, 0.3) is 0 Å². The van der Waals surface area contributed by atoms with Crippen molar-refractivity contribution in [1.82, 2.24) is 4.98 Å². The molecule has 0 saturated carbocycles. The third kappa shape index (κ3) is 4.18. The van der Waals surface area contributed by atoms with E-state index in [1.807, 2.05) is 19.1 Å². The third-order valence-electron chi connectivity index (χ3n) is 3.66. The predicted octanol–water partition coefficient (Wildman–Crippen LogP) is 4.43. The minimum Gasteiger partial charge on any atom is -0.464 e. The quantitative estimate of drug-likeness (QED) is 0.590. The van der Waals surface area contributed by atoms with E-state index in [2.05, 4.69) is 45.4 Å².